The van der Waals surface area contributed by atoms with Crippen LogP contribution in [0.15, 0.2) is 0 Å². The Bertz CT molecular complexity index is 269. The van der Waals surface area contributed by atoms with E-state index in [2.05, 4.69) is 35.5 Å². The lowest BCUT2D eigenvalue weighted by Crippen LogP contribution is -2.11. The molecule has 0 atom stereocenters. The second-order valence-electron chi connectivity index (χ2n) is 4.28. The normalized spacial score (nSPS) is 11.3. The van der Waals surface area contributed by atoms with Gasteiger partial charge in [-0.25, -0.2) is 0 Å². The zero-order valence-corrected chi connectivity index (χ0v) is 10.0. The minimum Gasteiger partial charge on any atom is -0.324 e. The van der Waals surface area contributed by atoms with Gasteiger partial charge in [-0.1, -0.05) is 20.8 Å². The Hall–Kier alpha value is -0.900. The van der Waals surface area contributed by atoms with Crippen molar-refractivity contribution < 1.29 is 0 Å². The molecule has 4 nitrogen and oxygen atoms in total. The number of hydrogen-bond donors (Lipinski definition) is 1. The smallest absolute Gasteiger partial charge is 0.146 e. The quantitative estimate of drug-likeness (QED) is 0.778. The van der Waals surface area contributed by atoms with Crippen LogP contribution in [0.4, 0.5) is 0 Å². The summed E-state index contributed by atoms with van der Waals surface area (Å²) < 4.78 is 2.17. The van der Waals surface area contributed by atoms with Crippen molar-refractivity contribution in [2.75, 3.05) is 0 Å². The largest absolute Gasteiger partial charge is 0.324 e. The molecule has 4 heteroatoms. The molecule has 1 aromatic heterocycles. The fourth-order valence-corrected chi connectivity index (χ4v) is 1.70. The second-order valence-corrected chi connectivity index (χ2v) is 4.28. The third-order valence-corrected chi connectivity index (χ3v) is 2.57. The van der Waals surface area contributed by atoms with Crippen molar-refractivity contribution in [1.29, 1.82) is 0 Å². The predicted molar refractivity (Wildman–Crippen MR) is 61.4 cm³/mol. The molecule has 0 radical (unpaired) electrons. The van der Waals surface area contributed by atoms with Gasteiger partial charge in [0.05, 0.1) is 6.54 Å². The number of nitrogens with two attached hydrogens (primary N) is 1. The molecule has 0 amide bonds. The second kappa shape index (κ2) is 5.85. The van der Waals surface area contributed by atoms with Crippen molar-refractivity contribution >= 4 is 0 Å². The summed E-state index contributed by atoms with van der Waals surface area (Å²) in [4.78, 5) is 0. The summed E-state index contributed by atoms with van der Waals surface area (Å²) in [6.07, 6.45) is 3.34. The van der Waals surface area contributed by atoms with Crippen LogP contribution >= 0.6 is 0 Å². The summed E-state index contributed by atoms with van der Waals surface area (Å²) in [5.41, 5.74) is 5.63. The van der Waals surface area contributed by atoms with Gasteiger partial charge in [0.15, 0.2) is 0 Å². The molecule has 1 heterocycles. The molecule has 0 aromatic carbocycles. The van der Waals surface area contributed by atoms with Crippen molar-refractivity contribution in [1.82, 2.24) is 14.8 Å². The van der Waals surface area contributed by atoms with E-state index in [4.69, 9.17) is 5.73 Å². The van der Waals surface area contributed by atoms with Crippen LogP contribution < -0.4 is 5.73 Å². The SMILES string of the molecule is CCc1nnc(CN)n1CCCC(C)C. The molecule has 1 aromatic rings. The van der Waals surface area contributed by atoms with Gasteiger partial charge < -0.3 is 10.3 Å². The van der Waals surface area contributed by atoms with Crippen LogP contribution in [-0.2, 0) is 19.5 Å². The van der Waals surface area contributed by atoms with Gasteiger partial charge in [-0.05, 0) is 18.8 Å². The highest BCUT2D eigenvalue weighted by atomic mass is 15.3. The van der Waals surface area contributed by atoms with Crippen molar-refractivity contribution in [3.63, 3.8) is 0 Å². The van der Waals surface area contributed by atoms with Crippen molar-refractivity contribution in [2.45, 2.75) is 53.1 Å². The van der Waals surface area contributed by atoms with Crippen LogP contribution in [0.25, 0.3) is 0 Å². The first kappa shape index (κ1) is 12.2. The van der Waals surface area contributed by atoms with Crippen molar-refractivity contribution in [3.05, 3.63) is 11.6 Å². The van der Waals surface area contributed by atoms with Gasteiger partial charge in [-0.15, -0.1) is 10.2 Å². The molecule has 0 aliphatic heterocycles. The lowest BCUT2D eigenvalue weighted by atomic mass is 10.1. The first-order valence-corrected chi connectivity index (χ1v) is 5.80. The van der Waals surface area contributed by atoms with Gasteiger partial charge in [-0.3, -0.25) is 0 Å². The summed E-state index contributed by atoms with van der Waals surface area (Å²) in [6.45, 7) is 8.08. The van der Waals surface area contributed by atoms with Gasteiger partial charge in [0.1, 0.15) is 11.6 Å². The van der Waals surface area contributed by atoms with Crippen LogP contribution in [0.3, 0.4) is 0 Å². The third-order valence-electron chi connectivity index (χ3n) is 2.57. The molecule has 0 fully saturated rings. The molecule has 0 unspecified atom stereocenters. The van der Waals surface area contributed by atoms with E-state index in [-0.39, 0.29) is 0 Å². The zero-order chi connectivity index (χ0) is 11.3. The van der Waals surface area contributed by atoms with Crippen LogP contribution in [0.2, 0.25) is 0 Å². The van der Waals surface area contributed by atoms with Crippen molar-refractivity contribution in [2.24, 2.45) is 11.7 Å². The summed E-state index contributed by atoms with van der Waals surface area (Å²) >= 11 is 0. The van der Waals surface area contributed by atoms with E-state index in [1.165, 1.54) is 12.8 Å². The lowest BCUT2D eigenvalue weighted by Gasteiger charge is -2.09. The summed E-state index contributed by atoms with van der Waals surface area (Å²) in [5.74, 6) is 2.72. The summed E-state index contributed by atoms with van der Waals surface area (Å²) in [5, 5.41) is 8.23. The van der Waals surface area contributed by atoms with Gasteiger partial charge >= 0.3 is 0 Å². The highest BCUT2D eigenvalue weighted by molar-refractivity contribution is 4.95. The Labute approximate surface area is 91.9 Å². The molecule has 1 rings (SSSR count). The standard InChI is InChI=1S/C11H22N4/c1-4-10-13-14-11(8-12)15(10)7-5-6-9(2)3/h9H,4-8,12H2,1-3H3. The summed E-state index contributed by atoms with van der Waals surface area (Å²) in [6, 6.07) is 0. The average Bonchev–Trinajstić information content (AvgIpc) is 2.59. The number of aromatic nitrogens is 3. The minimum atomic E-state index is 0.481. The number of aryl methyl sites for hydroxylation is 1. The van der Waals surface area contributed by atoms with Crippen LogP contribution in [0.1, 0.15) is 45.3 Å². The molecular formula is C11H22N4. The van der Waals surface area contributed by atoms with E-state index in [9.17, 15) is 0 Å². The Balaban J connectivity index is 2.60. The zero-order valence-electron chi connectivity index (χ0n) is 10.0. The molecule has 0 aliphatic carbocycles. The highest BCUT2D eigenvalue weighted by Crippen LogP contribution is 2.09. The Morgan fingerprint density at radius 3 is 2.47 bits per heavy atom. The van der Waals surface area contributed by atoms with Gasteiger partial charge in [-0.2, -0.15) is 0 Å². The lowest BCUT2D eigenvalue weighted by molar-refractivity contribution is 0.496. The van der Waals surface area contributed by atoms with Crippen molar-refractivity contribution in [3.8, 4) is 0 Å². The maximum Gasteiger partial charge on any atom is 0.146 e. The van der Waals surface area contributed by atoms with Crippen LogP contribution in [-0.4, -0.2) is 14.8 Å². The molecule has 86 valence electrons. The van der Waals surface area contributed by atoms with E-state index in [1.54, 1.807) is 0 Å². The fraction of sp³-hybridized carbons (Fsp3) is 0.818. The molecule has 0 bridgehead atoms. The molecule has 2 N–H and O–H groups in total. The Morgan fingerprint density at radius 2 is 1.93 bits per heavy atom. The minimum absolute atomic E-state index is 0.481. The molecular weight excluding hydrogens is 188 g/mol. The maximum absolute atomic E-state index is 5.63. The Kier molecular flexibility index (Phi) is 4.75. The molecule has 0 spiro atoms. The van der Waals surface area contributed by atoms with E-state index < -0.39 is 0 Å². The number of rotatable bonds is 6. The topological polar surface area (TPSA) is 56.7 Å². The van der Waals surface area contributed by atoms with Gasteiger partial charge in [0, 0.05) is 13.0 Å². The monoisotopic (exact) mass is 210 g/mol. The number of nitrogens with zero attached hydrogens (tertiary/aromatic N) is 3. The predicted octanol–water partition coefficient (Wildman–Crippen LogP) is 1.74. The first-order valence-electron chi connectivity index (χ1n) is 5.80. The molecule has 0 saturated heterocycles. The van der Waals surface area contributed by atoms with Crippen LogP contribution in [0.5, 0.6) is 0 Å². The number of hydrogen-bond acceptors (Lipinski definition) is 3. The van der Waals surface area contributed by atoms with E-state index in [1.807, 2.05) is 0 Å². The van der Waals surface area contributed by atoms with Crippen LogP contribution in [0, 0.1) is 5.92 Å². The summed E-state index contributed by atoms with van der Waals surface area (Å²) in [7, 11) is 0. The average molecular weight is 210 g/mol. The van der Waals surface area contributed by atoms with Gasteiger partial charge in [0.25, 0.3) is 0 Å². The third kappa shape index (κ3) is 3.30. The molecule has 0 saturated carbocycles. The van der Waals surface area contributed by atoms with E-state index in [0.717, 1.165) is 30.5 Å². The fourth-order valence-electron chi connectivity index (χ4n) is 1.70. The Morgan fingerprint density at radius 1 is 1.27 bits per heavy atom. The molecule has 15 heavy (non-hydrogen) atoms. The first-order chi connectivity index (χ1) is 7.19. The maximum atomic E-state index is 5.63. The van der Waals surface area contributed by atoms with E-state index in [0.29, 0.717) is 6.54 Å². The van der Waals surface area contributed by atoms with E-state index >= 15 is 0 Å². The highest BCUT2D eigenvalue weighted by Gasteiger charge is 2.08. The van der Waals surface area contributed by atoms with Gasteiger partial charge in [0.2, 0.25) is 0 Å². The molecule has 0 aliphatic rings.